The van der Waals surface area contributed by atoms with E-state index < -0.39 is 0 Å². The zero-order chi connectivity index (χ0) is 20.0. The van der Waals surface area contributed by atoms with Crippen molar-refractivity contribution in [3.8, 4) is 0 Å². The minimum Gasteiger partial charge on any atom is -0.342 e. The average Bonchev–Trinajstić information content (AvgIpc) is 3.22. The quantitative estimate of drug-likeness (QED) is 0.828. The van der Waals surface area contributed by atoms with Gasteiger partial charge in [-0.3, -0.25) is 14.4 Å². The lowest BCUT2D eigenvalue weighted by Crippen LogP contribution is -2.40. The van der Waals surface area contributed by atoms with Crippen LogP contribution in [0, 0.1) is 5.92 Å². The summed E-state index contributed by atoms with van der Waals surface area (Å²) in [6.45, 7) is 2.29. The number of amides is 2. The van der Waals surface area contributed by atoms with Gasteiger partial charge in [-0.1, -0.05) is 6.07 Å². The SMILES string of the molecule is O=C(Cc1cccs1)N1CC[C@@H](c2nc3c(c(=O)[nH]2)CCN(C(=O)C2CC2)C3)C1. The lowest BCUT2D eigenvalue weighted by Gasteiger charge is -2.28. The number of nitrogens with zero attached hydrogens (tertiary/aromatic N) is 3. The fourth-order valence-corrected chi connectivity index (χ4v) is 5.01. The summed E-state index contributed by atoms with van der Waals surface area (Å²) in [6.07, 6.45) is 3.74. The van der Waals surface area contributed by atoms with Crippen LogP contribution < -0.4 is 5.56 Å². The summed E-state index contributed by atoms with van der Waals surface area (Å²) in [6, 6.07) is 3.94. The van der Waals surface area contributed by atoms with Crippen LogP contribution in [-0.2, 0) is 29.0 Å². The first-order chi connectivity index (χ1) is 14.1. The molecule has 3 aliphatic rings. The summed E-state index contributed by atoms with van der Waals surface area (Å²) >= 11 is 1.59. The zero-order valence-electron chi connectivity index (χ0n) is 16.2. The van der Waals surface area contributed by atoms with E-state index in [1.165, 1.54) is 0 Å². The van der Waals surface area contributed by atoms with Gasteiger partial charge in [0.2, 0.25) is 11.8 Å². The molecule has 2 amide bonds. The van der Waals surface area contributed by atoms with Gasteiger partial charge in [-0.2, -0.15) is 0 Å². The number of rotatable bonds is 4. The van der Waals surface area contributed by atoms with Gasteiger partial charge in [0, 0.05) is 41.9 Å². The molecule has 5 rings (SSSR count). The van der Waals surface area contributed by atoms with Crippen LogP contribution in [0.4, 0.5) is 0 Å². The highest BCUT2D eigenvalue weighted by Gasteiger charge is 2.36. The number of carbonyl (C=O) groups is 2. The molecule has 4 heterocycles. The van der Waals surface area contributed by atoms with E-state index >= 15 is 0 Å². The molecule has 7 nitrogen and oxygen atoms in total. The van der Waals surface area contributed by atoms with E-state index in [4.69, 9.17) is 4.98 Å². The molecule has 0 radical (unpaired) electrons. The Balaban J connectivity index is 1.30. The monoisotopic (exact) mass is 412 g/mol. The van der Waals surface area contributed by atoms with E-state index in [0.717, 1.165) is 29.8 Å². The number of aromatic nitrogens is 2. The normalized spacial score (nSPS) is 21.3. The summed E-state index contributed by atoms with van der Waals surface area (Å²) in [5.74, 6) is 1.19. The maximum absolute atomic E-state index is 12.6. The van der Waals surface area contributed by atoms with E-state index in [-0.39, 0.29) is 29.2 Å². The number of carbonyl (C=O) groups excluding carboxylic acids is 2. The molecule has 29 heavy (non-hydrogen) atoms. The molecule has 2 aromatic rings. The van der Waals surface area contributed by atoms with Crippen molar-refractivity contribution in [3.05, 3.63) is 49.8 Å². The number of nitrogens with one attached hydrogen (secondary N) is 1. The zero-order valence-corrected chi connectivity index (χ0v) is 17.0. The second kappa shape index (κ2) is 7.40. The molecule has 0 spiro atoms. The van der Waals surface area contributed by atoms with Gasteiger partial charge in [-0.25, -0.2) is 4.98 Å². The summed E-state index contributed by atoms with van der Waals surface area (Å²) in [5.41, 5.74) is 1.34. The lowest BCUT2D eigenvalue weighted by molar-refractivity contribution is -0.133. The lowest BCUT2D eigenvalue weighted by atomic mass is 10.0. The molecule has 1 aliphatic carbocycles. The molecule has 1 saturated carbocycles. The molecule has 8 heteroatoms. The molecule has 1 N–H and O–H groups in total. The second-order valence-corrected chi connectivity index (χ2v) is 9.27. The van der Waals surface area contributed by atoms with Crippen LogP contribution in [0.5, 0.6) is 0 Å². The molecular weight excluding hydrogens is 388 g/mol. The fourth-order valence-electron chi connectivity index (χ4n) is 4.31. The molecule has 2 aromatic heterocycles. The molecule has 1 saturated heterocycles. The predicted octanol–water partition coefficient (Wildman–Crippen LogP) is 1.68. The number of fused-ring (bicyclic) bond motifs is 1. The van der Waals surface area contributed by atoms with Crippen molar-refractivity contribution in [1.29, 1.82) is 0 Å². The highest BCUT2D eigenvalue weighted by atomic mass is 32.1. The number of thiophene rings is 1. The number of likely N-dealkylation sites (tertiary alicyclic amines) is 1. The van der Waals surface area contributed by atoms with Crippen LogP contribution in [0.15, 0.2) is 22.3 Å². The Bertz CT molecular complexity index is 996. The third-order valence-electron chi connectivity index (χ3n) is 6.16. The van der Waals surface area contributed by atoms with E-state index in [1.807, 2.05) is 27.3 Å². The summed E-state index contributed by atoms with van der Waals surface area (Å²) in [5, 5.41) is 1.98. The maximum atomic E-state index is 12.6. The molecule has 0 aromatic carbocycles. The number of aromatic amines is 1. The topological polar surface area (TPSA) is 86.4 Å². The van der Waals surface area contributed by atoms with Crippen molar-refractivity contribution < 1.29 is 9.59 Å². The van der Waals surface area contributed by atoms with E-state index in [1.54, 1.807) is 11.3 Å². The van der Waals surface area contributed by atoms with E-state index in [0.29, 0.717) is 50.4 Å². The van der Waals surface area contributed by atoms with Gasteiger partial charge in [-0.05, 0) is 37.1 Å². The summed E-state index contributed by atoms with van der Waals surface area (Å²) in [4.78, 5) is 50.1. The second-order valence-electron chi connectivity index (χ2n) is 8.24. The van der Waals surface area contributed by atoms with Gasteiger partial charge in [0.15, 0.2) is 0 Å². The van der Waals surface area contributed by atoms with Crippen molar-refractivity contribution >= 4 is 23.2 Å². The standard InChI is InChI=1S/C21H24N4O3S/c26-18(10-15-2-1-9-29-15)24-7-5-14(11-24)19-22-17-12-25(21(28)13-3-4-13)8-6-16(17)20(27)23-19/h1-2,9,13-14H,3-8,10-12H2,(H,22,23,27)/t14-/m1/s1. The van der Waals surface area contributed by atoms with Gasteiger partial charge in [0.25, 0.3) is 5.56 Å². The van der Waals surface area contributed by atoms with Crippen molar-refractivity contribution in [1.82, 2.24) is 19.8 Å². The first-order valence-corrected chi connectivity index (χ1v) is 11.2. The Morgan fingerprint density at radius 2 is 2.07 bits per heavy atom. The average molecular weight is 413 g/mol. The smallest absolute Gasteiger partial charge is 0.254 e. The van der Waals surface area contributed by atoms with Crippen LogP contribution in [-0.4, -0.2) is 51.2 Å². The first-order valence-electron chi connectivity index (χ1n) is 10.3. The molecule has 0 bridgehead atoms. The van der Waals surface area contributed by atoms with Gasteiger partial charge >= 0.3 is 0 Å². The number of hydrogen-bond donors (Lipinski definition) is 1. The van der Waals surface area contributed by atoms with E-state index in [9.17, 15) is 14.4 Å². The molecular formula is C21H24N4O3S. The third kappa shape index (κ3) is 3.73. The van der Waals surface area contributed by atoms with Gasteiger partial charge < -0.3 is 14.8 Å². The Morgan fingerprint density at radius 1 is 1.21 bits per heavy atom. The van der Waals surface area contributed by atoms with Crippen molar-refractivity contribution in [3.63, 3.8) is 0 Å². The van der Waals surface area contributed by atoms with Crippen molar-refractivity contribution in [2.24, 2.45) is 5.92 Å². The maximum Gasteiger partial charge on any atom is 0.254 e. The van der Waals surface area contributed by atoms with Crippen LogP contribution in [0.2, 0.25) is 0 Å². The molecule has 2 aliphatic heterocycles. The first kappa shape index (κ1) is 18.5. The summed E-state index contributed by atoms with van der Waals surface area (Å²) in [7, 11) is 0. The van der Waals surface area contributed by atoms with Gasteiger partial charge in [-0.15, -0.1) is 11.3 Å². The highest BCUT2D eigenvalue weighted by molar-refractivity contribution is 7.10. The van der Waals surface area contributed by atoms with Gasteiger partial charge in [0.05, 0.1) is 18.7 Å². The predicted molar refractivity (Wildman–Crippen MR) is 109 cm³/mol. The molecule has 0 unspecified atom stereocenters. The highest BCUT2D eigenvalue weighted by Crippen LogP contribution is 2.32. The van der Waals surface area contributed by atoms with Crippen LogP contribution >= 0.6 is 11.3 Å². The number of hydrogen-bond acceptors (Lipinski definition) is 5. The Kier molecular flexibility index (Phi) is 4.73. The summed E-state index contributed by atoms with van der Waals surface area (Å²) < 4.78 is 0. The van der Waals surface area contributed by atoms with Crippen LogP contribution in [0.25, 0.3) is 0 Å². The minimum atomic E-state index is -0.0908. The van der Waals surface area contributed by atoms with Crippen LogP contribution in [0.3, 0.4) is 0 Å². The van der Waals surface area contributed by atoms with E-state index in [2.05, 4.69) is 4.98 Å². The Hall–Kier alpha value is -2.48. The minimum absolute atomic E-state index is 0.0368. The van der Waals surface area contributed by atoms with Crippen LogP contribution in [0.1, 0.15) is 47.1 Å². The number of H-pyrrole nitrogens is 1. The molecule has 2 fully saturated rings. The van der Waals surface area contributed by atoms with Crippen molar-refractivity contribution in [2.45, 2.75) is 44.6 Å². The van der Waals surface area contributed by atoms with Gasteiger partial charge in [0.1, 0.15) is 5.82 Å². The Morgan fingerprint density at radius 3 is 2.83 bits per heavy atom. The van der Waals surface area contributed by atoms with Crippen molar-refractivity contribution in [2.75, 3.05) is 19.6 Å². The largest absolute Gasteiger partial charge is 0.342 e. The molecule has 1 atom stereocenters. The Labute approximate surface area is 172 Å². The third-order valence-corrected chi connectivity index (χ3v) is 7.04. The molecule has 152 valence electrons. The fraction of sp³-hybridized carbons (Fsp3) is 0.524.